The van der Waals surface area contributed by atoms with Crippen LogP contribution in [0.25, 0.3) is 0 Å². The van der Waals surface area contributed by atoms with Crippen molar-refractivity contribution in [2.45, 2.75) is 18.7 Å². The van der Waals surface area contributed by atoms with Crippen molar-refractivity contribution in [2.24, 2.45) is 0 Å². The topological polar surface area (TPSA) is 122 Å². The molecular weight excluding hydrogens is 540 g/mol. The minimum absolute atomic E-state index is 0.102. The zero-order valence-corrected chi connectivity index (χ0v) is 22.9. The fraction of sp³-hybridized carbons (Fsp3) is 0.0645. The first kappa shape index (κ1) is 27.4. The van der Waals surface area contributed by atoms with E-state index in [2.05, 4.69) is 10.6 Å². The van der Waals surface area contributed by atoms with E-state index in [1.165, 1.54) is 29.2 Å². The fourth-order valence-electron chi connectivity index (χ4n) is 4.14. The fourth-order valence-corrected chi connectivity index (χ4v) is 5.07. The first-order chi connectivity index (χ1) is 19.7. The number of non-ortho nitro benzene ring substituents is 1. The second kappa shape index (κ2) is 11.5. The maximum absolute atomic E-state index is 13.6. The van der Waals surface area contributed by atoms with Gasteiger partial charge in [0.25, 0.3) is 23.4 Å². The Morgan fingerprint density at radius 1 is 0.805 bits per heavy atom. The zero-order valence-electron chi connectivity index (χ0n) is 22.1. The summed E-state index contributed by atoms with van der Waals surface area (Å²) < 4.78 is 0. The normalized spacial score (nSPS) is 13.0. The van der Waals surface area contributed by atoms with Crippen molar-refractivity contribution in [1.82, 2.24) is 0 Å². The van der Waals surface area contributed by atoms with Gasteiger partial charge >= 0.3 is 0 Å². The summed E-state index contributed by atoms with van der Waals surface area (Å²) in [5.74, 6) is -1.30. The van der Waals surface area contributed by atoms with E-state index >= 15 is 0 Å². The van der Waals surface area contributed by atoms with Crippen LogP contribution in [0.15, 0.2) is 113 Å². The van der Waals surface area contributed by atoms with Gasteiger partial charge in [0, 0.05) is 34.0 Å². The van der Waals surface area contributed by atoms with Crippen LogP contribution in [-0.4, -0.2) is 22.6 Å². The van der Waals surface area contributed by atoms with Gasteiger partial charge in [-0.2, -0.15) is 0 Å². The minimum Gasteiger partial charge on any atom is -0.350 e. The van der Waals surface area contributed by atoms with Gasteiger partial charge in [-0.05, 0) is 85.6 Å². The Morgan fingerprint density at radius 3 is 2.12 bits per heavy atom. The van der Waals surface area contributed by atoms with Crippen molar-refractivity contribution in [3.8, 4) is 0 Å². The van der Waals surface area contributed by atoms with Gasteiger partial charge in [-0.1, -0.05) is 36.0 Å². The number of anilines is 3. The quantitative estimate of drug-likeness (QED) is 0.143. The number of thioether (sulfide) groups is 1. The maximum Gasteiger partial charge on any atom is 0.283 e. The average molecular weight is 565 g/mol. The van der Waals surface area contributed by atoms with Crippen LogP contribution in [0.3, 0.4) is 0 Å². The zero-order chi connectivity index (χ0) is 29.1. The lowest BCUT2D eigenvalue weighted by Gasteiger charge is -2.16. The van der Waals surface area contributed by atoms with Crippen LogP contribution in [0.2, 0.25) is 0 Å². The van der Waals surface area contributed by atoms with Gasteiger partial charge in [0.2, 0.25) is 0 Å². The van der Waals surface area contributed by atoms with Gasteiger partial charge < -0.3 is 10.6 Å². The van der Waals surface area contributed by atoms with Crippen molar-refractivity contribution in [3.63, 3.8) is 0 Å². The summed E-state index contributed by atoms with van der Waals surface area (Å²) in [6.07, 6.45) is 0. The third-order valence-corrected chi connectivity index (χ3v) is 7.60. The lowest BCUT2D eigenvalue weighted by molar-refractivity contribution is -0.384. The SMILES string of the molecule is Cc1ccc(N2C(=O)C(Nc3ccccc3)=C(Sc3ccc(NC(=O)c4ccc([N+](=O)[O-])cc4)cc3)C2=O)cc1C. The number of aryl methyl sites for hydroxylation is 2. The van der Waals surface area contributed by atoms with Gasteiger partial charge in [-0.25, -0.2) is 4.90 Å². The molecule has 204 valence electrons. The number of carbonyl (C=O) groups is 3. The maximum atomic E-state index is 13.6. The Hall–Kier alpha value is -5.22. The molecule has 0 unspecified atom stereocenters. The Balaban J connectivity index is 1.38. The van der Waals surface area contributed by atoms with E-state index in [0.29, 0.717) is 22.0 Å². The van der Waals surface area contributed by atoms with E-state index in [4.69, 9.17) is 0 Å². The molecule has 0 radical (unpaired) electrons. The molecule has 0 fully saturated rings. The number of carbonyl (C=O) groups excluding carboxylic acids is 3. The number of nitrogens with one attached hydrogen (secondary N) is 2. The molecule has 5 rings (SSSR count). The first-order valence-electron chi connectivity index (χ1n) is 12.6. The van der Waals surface area contributed by atoms with E-state index in [1.54, 1.807) is 30.3 Å². The number of rotatable bonds is 8. The molecule has 1 aliphatic rings. The Labute approximate surface area is 240 Å². The highest BCUT2D eigenvalue weighted by molar-refractivity contribution is 8.04. The lowest BCUT2D eigenvalue weighted by atomic mass is 10.1. The van der Waals surface area contributed by atoms with E-state index < -0.39 is 22.6 Å². The summed E-state index contributed by atoms with van der Waals surface area (Å²) in [6, 6.07) is 26.8. The van der Waals surface area contributed by atoms with Crippen LogP contribution in [0, 0.1) is 24.0 Å². The number of nitrogens with zero attached hydrogens (tertiary/aromatic N) is 2. The summed E-state index contributed by atoms with van der Waals surface area (Å²) in [4.78, 5) is 52.2. The first-order valence-corrected chi connectivity index (χ1v) is 13.4. The Kier molecular flexibility index (Phi) is 7.66. The van der Waals surface area contributed by atoms with Gasteiger partial charge in [-0.15, -0.1) is 0 Å². The predicted molar refractivity (Wildman–Crippen MR) is 159 cm³/mol. The van der Waals surface area contributed by atoms with Gasteiger partial charge in [0.1, 0.15) is 10.6 Å². The Morgan fingerprint density at radius 2 is 1.49 bits per heavy atom. The van der Waals surface area contributed by atoms with Crippen molar-refractivity contribution in [2.75, 3.05) is 15.5 Å². The summed E-state index contributed by atoms with van der Waals surface area (Å²) in [6.45, 7) is 3.89. The molecule has 41 heavy (non-hydrogen) atoms. The number of amides is 3. The number of hydrogen-bond donors (Lipinski definition) is 2. The van der Waals surface area contributed by atoms with E-state index in [0.717, 1.165) is 22.9 Å². The molecule has 0 saturated carbocycles. The highest BCUT2D eigenvalue weighted by Gasteiger charge is 2.40. The number of para-hydroxylation sites is 1. The van der Waals surface area contributed by atoms with E-state index in [-0.39, 0.29) is 21.9 Å². The summed E-state index contributed by atoms with van der Waals surface area (Å²) in [7, 11) is 0. The van der Waals surface area contributed by atoms with Crippen molar-refractivity contribution in [1.29, 1.82) is 0 Å². The average Bonchev–Trinajstić information content (AvgIpc) is 3.20. The molecule has 0 aromatic heterocycles. The molecule has 0 spiro atoms. The summed E-state index contributed by atoms with van der Waals surface area (Å²) >= 11 is 1.15. The molecule has 4 aromatic rings. The molecule has 2 N–H and O–H groups in total. The number of imide groups is 1. The minimum atomic E-state index is -0.530. The Bertz CT molecular complexity index is 1700. The lowest BCUT2D eigenvalue weighted by Crippen LogP contribution is -2.32. The second-order valence-corrected chi connectivity index (χ2v) is 10.4. The summed E-state index contributed by atoms with van der Waals surface area (Å²) in [5, 5.41) is 16.7. The molecular formula is C31H24N4O5S. The standard InChI is InChI=1S/C31H24N4O5S/c1-19-8-13-25(18-20(19)2)34-30(37)27(32-22-6-4-3-5-7-22)28(31(34)38)41-26-16-11-23(12-17-26)33-29(36)21-9-14-24(15-10-21)35(39)40/h3-18,32H,1-2H3,(H,33,36). The smallest absolute Gasteiger partial charge is 0.283 e. The van der Waals surface area contributed by atoms with Crippen LogP contribution < -0.4 is 15.5 Å². The van der Waals surface area contributed by atoms with Crippen molar-refractivity contribution in [3.05, 3.63) is 134 Å². The van der Waals surface area contributed by atoms with Crippen molar-refractivity contribution < 1.29 is 19.3 Å². The van der Waals surface area contributed by atoms with Crippen LogP contribution >= 0.6 is 11.8 Å². The summed E-state index contributed by atoms with van der Waals surface area (Å²) in [5.41, 5.74) is 4.04. The molecule has 10 heteroatoms. The second-order valence-electron chi connectivity index (χ2n) is 9.29. The molecule has 0 bridgehead atoms. The largest absolute Gasteiger partial charge is 0.350 e. The van der Waals surface area contributed by atoms with Crippen LogP contribution in [-0.2, 0) is 9.59 Å². The molecule has 0 aliphatic carbocycles. The third kappa shape index (κ3) is 5.87. The van der Waals surface area contributed by atoms with Crippen molar-refractivity contribution >= 4 is 52.2 Å². The monoisotopic (exact) mass is 564 g/mol. The highest BCUT2D eigenvalue weighted by Crippen LogP contribution is 2.38. The molecule has 4 aromatic carbocycles. The molecule has 1 heterocycles. The van der Waals surface area contributed by atoms with Crippen LogP contribution in [0.1, 0.15) is 21.5 Å². The number of hydrogen-bond acceptors (Lipinski definition) is 7. The molecule has 0 saturated heterocycles. The van der Waals surface area contributed by atoms with Gasteiger partial charge in [-0.3, -0.25) is 24.5 Å². The molecule has 0 atom stereocenters. The number of nitro benzene ring substituents is 1. The van der Waals surface area contributed by atoms with Gasteiger partial charge in [0.15, 0.2) is 0 Å². The predicted octanol–water partition coefficient (Wildman–Crippen LogP) is 6.45. The van der Waals surface area contributed by atoms with Gasteiger partial charge in [0.05, 0.1) is 10.6 Å². The van der Waals surface area contributed by atoms with E-state index in [1.807, 2.05) is 56.3 Å². The molecule has 3 amide bonds. The van der Waals surface area contributed by atoms with E-state index in [9.17, 15) is 24.5 Å². The molecule has 1 aliphatic heterocycles. The number of nitro groups is 1. The molecule has 9 nitrogen and oxygen atoms in total. The highest BCUT2D eigenvalue weighted by atomic mass is 32.2. The number of benzene rings is 4. The van der Waals surface area contributed by atoms with Crippen LogP contribution in [0.4, 0.5) is 22.7 Å². The third-order valence-electron chi connectivity index (χ3n) is 6.51. The van der Waals surface area contributed by atoms with Crippen LogP contribution in [0.5, 0.6) is 0 Å².